The topological polar surface area (TPSA) is 33.1 Å². The number of benzene rings is 1. The van der Waals surface area contributed by atoms with Gasteiger partial charge >= 0.3 is 0 Å². The Morgan fingerprint density at radius 1 is 1.10 bits per heavy atom. The normalized spacial score (nSPS) is 18.2. The fraction of sp³-hybridized carbons (Fsp3) is 0.471. The summed E-state index contributed by atoms with van der Waals surface area (Å²) in [5.41, 5.74) is 3.53. The molecule has 1 N–H and O–H groups in total. The highest BCUT2D eigenvalue weighted by Gasteiger charge is 2.26. The first-order valence-electron chi connectivity index (χ1n) is 7.97. The molecule has 110 valence electrons. The van der Waals surface area contributed by atoms with E-state index in [-0.39, 0.29) is 0 Å². The number of anilines is 3. The van der Waals surface area contributed by atoms with Crippen molar-refractivity contribution in [3.63, 3.8) is 0 Å². The van der Waals surface area contributed by atoms with Crippen molar-refractivity contribution in [3.8, 4) is 0 Å². The third kappa shape index (κ3) is 2.62. The zero-order valence-electron chi connectivity index (χ0n) is 12.5. The lowest BCUT2D eigenvalue weighted by Crippen LogP contribution is -2.17. The van der Waals surface area contributed by atoms with Gasteiger partial charge in [0.05, 0.1) is 5.69 Å². The fourth-order valence-electron chi connectivity index (χ4n) is 3.10. The third-order valence-electron chi connectivity index (χ3n) is 4.39. The SMILES string of the molecule is Cc1cn(C2CC2)c(Nc2ccc(N3CCCC3)cc2)n1. The highest BCUT2D eigenvalue weighted by atomic mass is 15.2. The smallest absolute Gasteiger partial charge is 0.207 e. The van der Waals surface area contributed by atoms with Gasteiger partial charge in [0.25, 0.3) is 0 Å². The van der Waals surface area contributed by atoms with Crippen LogP contribution in [0.25, 0.3) is 0 Å². The lowest BCUT2D eigenvalue weighted by molar-refractivity contribution is 0.750. The minimum Gasteiger partial charge on any atom is -0.372 e. The van der Waals surface area contributed by atoms with E-state index in [2.05, 4.69) is 57.2 Å². The van der Waals surface area contributed by atoms with Crippen LogP contribution in [0.15, 0.2) is 30.5 Å². The molecule has 0 radical (unpaired) electrons. The first-order valence-corrected chi connectivity index (χ1v) is 7.97. The van der Waals surface area contributed by atoms with Crippen LogP contribution in [0.5, 0.6) is 0 Å². The van der Waals surface area contributed by atoms with E-state index in [4.69, 9.17) is 0 Å². The Bertz CT molecular complexity index is 619. The highest BCUT2D eigenvalue weighted by molar-refractivity contribution is 5.60. The average Bonchev–Trinajstić information content (AvgIpc) is 3.05. The van der Waals surface area contributed by atoms with Crippen LogP contribution < -0.4 is 10.2 Å². The maximum atomic E-state index is 4.61. The van der Waals surface area contributed by atoms with Crippen molar-refractivity contribution in [2.45, 2.75) is 38.6 Å². The second kappa shape index (κ2) is 5.10. The molecule has 2 aromatic rings. The molecule has 2 heterocycles. The second-order valence-electron chi connectivity index (χ2n) is 6.21. The predicted octanol–water partition coefficient (Wildman–Crippen LogP) is 3.87. The molecule has 21 heavy (non-hydrogen) atoms. The Kier molecular flexibility index (Phi) is 3.09. The molecule has 2 fully saturated rings. The Morgan fingerprint density at radius 2 is 1.81 bits per heavy atom. The molecule has 0 bridgehead atoms. The number of imidazole rings is 1. The van der Waals surface area contributed by atoms with Crippen molar-refractivity contribution in [1.82, 2.24) is 9.55 Å². The van der Waals surface area contributed by atoms with E-state index in [1.165, 1.54) is 44.5 Å². The van der Waals surface area contributed by atoms with Crippen LogP contribution in [0.1, 0.15) is 37.4 Å². The molecule has 1 aliphatic carbocycles. The Morgan fingerprint density at radius 3 is 2.48 bits per heavy atom. The third-order valence-corrected chi connectivity index (χ3v) is 4.39. The Balaban J connectivity index is 1.51. The molecule has 4 nitrogen and oxygen atoms in total. The standard InChI is InChI=1S/C17H22N4/c1-13-12-21(16-8-9-16)17(18-13)19-14-4-6-15(7-5-14)20-10-2-3-11-20/h4-7,12,16H,2-3,8-11H2,1H3,(H,18,19). The molecule has 4 heteroatoms. The summed E-state index contributed by atoms with van der Waals surface area (Å²) in [6, 6.07) is 9.40. The number of aromatic nitrogens is 2. The second-order valence-corrected chi connectivity index (χ2v) is 6.21. The molecule has 4 rings (SSSR count). The van der Waals surface area contributed by atoms with Gasteiger partial charge < -0.3 is 14.8 Å². The number of hydrogen-bond donors (Lipinski definition) is 1. The molecule has 1 saturated carbocycles. The molecule has 1 saturated heterocycles. The van der Waals surface area contributed by atoms with E-state index < -0.39 is 0 Å². The van der Waals surface area contributed by atoms with Crippen LogP contribution in [0.3, 0.4) is 0 Å². The quantitative estimate of drug-likeness (QED) is 0.924. The molecule has 1 aromatic heterocycles. The first-order chi connectivity index (χ1) is 10.3. The molecule has 0 amide bonds. The van der Waals surface area contributed by atoms with Crippen LogP contribution in [-0.2, 0) is 0 Å². The minimum atomic E-state index is 0.651. The van der Waals surface area contributed by atoms with Crippen molar-refractivity contribution >= 4 is 17.3 Å². The van der Waals surface area contributed by atoms with Crippen LogP contribution in [0.4, 0.5) is 17.3 Å². The van der Waals surface area contributed by atoms with Gasteiger partial charge in [0.1, 0.15) is 0 Å². The van der Waals surface area contributed by atoms with Gasteiger partial charge in [0, 0.05) is 36.7 Å². The fourth-order valence-corrected chi connectivity index (χ4v) is 3.10. The van der Waals surface area contributed by atoms with Gasteiger partial charge in [-0.2, -0.15) is 0 Å². The molecule has 2 aliphatic rings. The van der Waals surface area contributed by atoms with Crippen molar-refractivity contribution in [1.29, 1.82) is 0 Å². The van der Waals surface area contributed by atoms with Gasteiger partial charge in [0.15, 0.2) is 0 Å². The largest absolute Gasteiger partial charge is 0.372 e. The summed E-state index contributed by atoms with van der Waals surface area (Å²) in [6.45, 7) is 4.44. The monoisotopic (exact) mass is 282 g/mol. The lowest BCUT2D eigenvalue weighted by atomic mass is 10.2. The van der Waals surface area contributed by atoms with Crippen LogP contribution in [0.2, 0.25) is 0 Å². The van der Waals surface area contributed by atoms with Crippen molar-refractivity contribution in [2.24, 2.45) is 0 Å². The summed E-state index contributed by atoms with van der Waals surface area (Å²) in [7, 11) is 0. The molecule has 1 aliphatic heterocycles. The zero-order valence-corrected chi connectivity index (χ0v) is 12.5. The molecular formula is C17H22N4. The van der Waals surface area contributed by atoms with Crippen molar-refractivity contribution < 1.29 is 0 Å². The van der Waals surface area contributed by atoms with Crippen LogP contribution in [0, 0.1) is 6.92 Å². The Labute approximate surface area is 125 Å². The van der Waals surface area contributed by atoms with Gasteiger partial charge in [-0.3, -0.25) is 0 Å². The molecule has 0 spiro atoms. The van der Waals surface area contributed by atoms with Crippen LogP contribution in [-0.4, -0.2) is 22.6 Å². The number of hydrogen-bond acceptors (Lipinski definition) is 3. The van der Waals surface area contributed by atoms with Gasteiger partial charge in [-0.05, 0) is 56.9 Å². The maximum Gasteiger partial charge on any atom is 0.207 e. The first kappa shape index (κ1) is 12.7. The summed E-state index contributed by atoms with van der Waals surface area (Å²) in [5, 5.41) is 3.47. The molecule has 0 atom stereocenters. The number of nitrogens with zero attached hydrogens (tertiary/aromatic N) is 3. The molecule has 1 aromatic carbocycles. The molecular weight excluding hydrogens is 260 g/mol. The average molecular weight is 282 g/mol. The van der Waals surface area contributed by atoms with E-state index in [0.29, 0.717) is 6.04 Å². The predicted molar refractivity (Wildman–Crippen MR) is 86.4 cm³/mol. The van der Waals surface area contributed by atoms with Crippen molar-refractivity contribution in [3.05, 3.63) is 36.2 Å². The van der Waals surface area contributed by atoms with Gasteiger partial charge in [-0.25, -0.2) is 4.98 Å². The minimum absolute atomic E-state index is 0.651. The highest BCUT2D eigenvalue weighted by Crippen LogP contribution is 2.38. The zero-order chi connectivity index (χ0) is 14.2. The van der Waals surface area contributed by atoms with E-state index in [1.807, 2.05) is 0 Å². The summed E-state index contributed by atoms with van der Waals surface area (Å²) in [5.74, 6) is 0.976. The van der Waals surface area contributed by atoms with Gasteiger partial charge in [-0.15, -0.1) is 0 Å². The van der Waals surface area contributed by atoms with E-state index in [0.717, 1.165) is 17.3 Å². The summed E-state index contributed by atoms with van der Waals surface area (Å²) >= 11 is 0. The van der Waals surface area contributed by atoms with E-state index in [9.17, 15) is 0 Å². The van der Waals surface area contributed by atoms with Gasteiger partial charge in [-0.1, -0.05) is 0 Å². The molecule has 0 unspecified atom stereocenters. The summed E-state index contributed by atoms with van der Waals surface area (Å²) in [4.78, 5) is 7.07. The van der Waals surface area contributed by atoms with E-state index >= 15 is 0 Å². The Hall–Kier alpha value is -1.97. The maximum absolute atomic E-state index is 4.61. The lowest BCUT2D eigenvalue weighted by Gasteiger charge is -2.18. The number of rotatable bonds is 4. The summed E-state index contributed by atoms with van der Waals surface area (Å²) < 4.78 is 2.28. The summed E-state index contributed by atoms with van der Waals surface area (Å²) in [6.07, 6.45) is 7.34. The van der Waals surface area contributed by atoms with Gasteiger partial charge in [0.2, 0.25) is 5.95 Å². The van der Waals surface area contributed by atoms with E-state index in [1.54, 1.807) is 0 Å². The van der Waals surface area contributed by atoms with Crippen molar-refractivity contribution in [2.75, 3.05) is 23.3 Å². The number of nitrogens with one attached hydrogen (secondary N) is 1. The van der Waals surface area contributed by atoms with Crippen LogP contribution >= 0.6 is 0 Å². The number of aryl methyl sites for hydroxylation is 1.